The number of nitrogens with zero attached hydrogens (tertiary/aromatic N) is 1. The number of rotatable bonds is 3. The van der Waals surface area contributed by atoms with E-state index in [2.05, 4.69) is 4.18 Å². The van der Waals surface area contributed by atoms with Gasteiger partial charge in [0.15, 0.2) is 0 Å². The number of hydrogen-bond donors (Lipinski definition) is 1. The van der Waals surface area contributed by atoms with Crippen molar-refractivity contribution >= 4 is 17.0 Å². The van der Waals surface area contributed by atoms with E-state index in [0.29, 0.717) is 5.75 Å². The molecule has 1 aromatic rings. The molecule has 4 nitrogen and oxygen atoms in total. The van der Waals surface area contributed by atoms with Gasteiger partial charge in [0.05, 0.1) is 0 Å². The molecule has 0 amide bonds. The van der Waals surface area contributed by atoms with Crippen molar-refractivity contribution in [3.8, 4) is 5.75 Å². The number of benzene rings is 1. The first-order valence-electron chi connectivity index (χ1n) is 3.66. The van der Waals surface area contributed by atoms with Crippen LogP contribution in [0.25, 0.3) is 0 Å². The van der Waals surface area contributed by atoms with Crippen molar-refractivity contribution in [2.24, 2.45) is 0 Å². The third-order valence-corrected chi connectivity index (χ3v) is 1.86. The van der Waals surface area contributed by atoms with E-state index in [9.17, 15) is 4.21 Å². The van der Waals surface area contributed by atoms with Crippen LogP contribution >= 0.6 is 0 Å². The Morgan fingerprint density at radius 2 is 1.85 bits per heavy atom. The molecule has 0 aromatic heterocycles. The lowest BCUT2D eigenvalue weighted by Gasteiger charge is -2.11. The lowest BCUT2D eigenvalue weighted by Crippen LogP contribution is -2.08. The molecule has 5 heteroatoms. The Balaban J connectivity index is 2.75. The highest BCUT2D eigenvalue weighted by Gasteiger charge is 1.99. The molecule has 1 aromatic carbocycles. The van der Waals surface area contributed by atoms with E-state index in [1.165, 1.54) is 0 Å². The molecule has 0 aliphatic rings. The normalized spacial score (nSPS) is 12.2. The van der Waals surface area contributed by atoms with Crippen LogP contribution in [-0.2, 0) is 11.4 Å². The van der Waals surface area contributed by atoms with Crippen LogP contribution in [-0.4, -0.2) is 22.9 Å². The Kier molecular flexibility index (Phi) is 3.27. The molecule has 0 aliphatic carbocycles. The highest BCUT2D eigenvalue weighted by molar-refractivity contribution is 7.74. The molecule has 0 radical (unpaired) electrons. The molecule has 72 valence electrons. The van der Waals surface area contributed by atoms with Crippen molar-refractivity contribution in [2.45, 2.75) is 0 Å². The minimum atomic E-state index is -2.25. The fraction of sp³-hybridized carbons (Fsp3) is 0.250. The molecule has 0 bridgehead atoms. The minimum absolute atomic E-state index is 0.381. The van der Waals surface area contributed by atoms with Gasteiger partial charge >= 0.3 is 11.4 Å². The van der Waals surface area contributed by atoms with Crippen LogP contribution in [0.15, 0.2) is 24.3 Å². The standard InChI is InChI=1S/C8H11NO3S/c1-9(2)7-3-5-8(6-4-7)12-13(10)11/h3-6H,1-2H3,(H,10,11). The predicted octanol–water partition coefficient (Wildman–Crippen LogP) is 1.27. The summed E-state index contributed by atoms with van der Waals surface area (Å²) >= 11 is -2.25. The van der Waals surface area contributed by atoms with Crippen molar-refractivity contribution in [1.29, 1.82) is 0 Å². The van der Waals surface area contributed by atoms with Gasteiger partial charge in [-0.25, -0.2) is 0 Å². The largest absolute Gasteiger partial charge is 0.380 e. The average molecular weight is 201 g/mol. The second-order valence-corrected chi connectivity index (χ2v) is 3.29. The lowest BCUT2D eigenvalue weighted by atomic mass is 10.3. The van der Waals surface area contributed by atoms with Gasteiger partial charge in [0, 0.05) is 19.8 Å². The molecular weight excluding hydrogens is 190 g/mol. The summed E-state index contributed by atoms with van der Waals surface area (Å²) < 4.78 is 23.2. The summed E-state index contributed by atoms with van der Waals surface area (Å²) in [4.78, 5) is 1.93. The van der Waals surface area contributed by atoms with Gasteiger partial charge < -0.3 is 9.08 Å². The van der Waals surface area contributed by atoms with Gasteiger partial charge in [0.1, 0.15) is 5.75 Å². The quantitative estimate of drug-likeness (QED) is 0.748. The summed E-state index contributed by atoms with van der Waals surface area (Å²) in [5.74, 6) is 0.381. The van der Waals surface area contributed by atoms with Crippen LogP contribution in [0.5, 0.6) is 5.75 Å². The monoisotopic (exact) mass is 201 g/mol. The van der Waals surface area contributed by atoms with E-state index in [0.717, 1.165) is 5.69 Å². The molecular formula is C8H11NO3S. The van der Waals surface area contributed by atoms with E-state index >= 15 is 0 Å². The maximum absolute atomic E-state index is 10.3. The van der Waals surface area contributed by atoms with Gasteiger partial charge in [-0.2, -0.15) is 4.21 Å². The molecule has 0 saturated heterocycles. The van der Waals surface area contributed by atoms with E-state index in [1.807, 2.05) is 31.1 Å². The van der Waals surface area contributed by atoms with Gasteiger partial charge in [0.25, 0.3) is 0 Å². The highest BCUT2D eigenvalue weighted by atomic mass is 32.2. The van der Waals surface area contributed by atoms with Gasteiger partial charge in [-0.15, -0.1) is 0 Å². The zero-order chi connectivity index (χ0) is 9.84. The molecule has 1 unspecified atom stereocenters. The van der Waals surface area contributed by atoms with Crippen molar-refractivity contribution in [1.82, 2.24) is 0 Å². The Hall–Kier alpha value is -1.07. The van der Waals surface area contributed by atoms with Crippen LogP contribution in [0.1, 0.15) is 0 Å². The fourth-order valence-electron chi connectivity index (χ4n) is 0.882. The number of hydrogen-bond acceptors (Lipinski definition) is 3. The maximum Gasteiger partial charge on any atom is 0.357 e. The molecule has 0 aliphatic heterocycles. The van der Waals surface area contributed by atoms with Gasteiger partial charge in [-0.3, -0.25) is 4.55 Å². The predicted molar refractivity (Wildman–Crippen MR) is 52.2 cm³/mol. The minimum Gasteiger partial charge on any atom is -0.380 e. The van der Waals surface area contributed by atoms with Crippen molar-refractivity contribution in [3.05, 3.63) is 24.3 Å². The summed E-state index contributed by atoms with van der Waals surface area (Å²) in [6.07, 6.45) is 0. The Morgan fingerprint density at radius 1 is 1.31 bits per heavy atom. The molecule has 1 atom stereocenters. The lowest BCUT2D eigenvalue weighted by molar-refractivity contribution is 0.458. The third kappa shape index (κ3) is 3.04. The van der Waals surface area contributed by atoms with Crippen LogP contribution in [0.4, 0.5) is 5.69 Å². The van der Waals surface area contributed by atoms with E-state index < -0.39 is 11.4 Å². The van der Waals surface area contributed by atoms with Crippen LogP contribution < -0.4 is 9.08 Å². The topological polar surface area (TPSA) is 49.8 Å². The van der Waals surface area contributed by atoms with Crippen LogP contribution in [0.2, 0.25) is 0 Å². The average Bonchev–Trinajstić information content (AvgIpc) is 2.04. The summed E-state index contributed by atoms with van der Waals surface area (Å²) in [5.41, 5.74) is 1.01. The Labute approximate surface area is 79.6 Å². The van der Waals surface area contributed by atoms with Crippen molar-refractivity contribution in [2.75, 3.05) is 19.0 Å². The van der Waals surface area contributed by atoms with Crippen LogP contribution in [0, 0.1) is 0 Å². The zero-order valence-corrected chi connectivity index (χ0v) is 8.25. The van der Waals surface area contributed by atoms with Crippen molar-refractivity contribution in [3.63, 3.8) is 0 Å². The zero-order valence-electron chi connectivity index (χ0n) is 7.43. The smallest absolute Gasteiger partial charge is 0.357 e. The van der Waals surface area contributed by atoms with Gasteiger partial charge in [0.2, 0.25) is 0 Å². The number of anilines is 1. The first-order valence-corrected chi connectivity index (χ1v) is 4.69. The van der Waals surface area contributed by atoms with E-state index in [4.69, 9.17) is 4.55 Å². The second-order valence-electron chi connectivity index (χ2n) is 2.69. The summed E-state index contributed by atoms with van der Waals surface area (Å²) in [5, 5.41) is 0. The van der Waals surface area contributed by atoms with Gasteiger partial charge in [-0.1, -0.05) is 0 Å². The molecule has 1 rings (SSSR count). The van der Waals surface area contributed by atoms with Gasteiger partial charge in [-0.05, 0) is 24.3 Å². The maximum atomic E-state index is 10.3. The molecule has 0 saturated carbocycles. The van der Waals surface area contributed by atoms with E-state index in [1.54, 1.807) is 12.1 Å². The van der Waals surface area contributed by atoms with E-state index in [-0.39, 0.29) is 0 Å². The molecule has 0 fully saturated rings. The third-order valence-electron chi connectivity index (χ3n) is 1.52. The molecule has 13 heavy (non-hydrogen) atoms. The van der Waals surface area contributed by atoms with Crippen molar-refractivity contribution < 1.29 is 12.9 Å². The summed E-state index contributed by atoms with van der Waals surface area (Å²) in [7, 11) is 3.83. The summed E-state index contributed by atoms with van der Waals surface area (Å²) in [6, 6.07) is 6.90. The first-order chi connectivity index (χ1) is 6.09. The molecule has 0 heterocycles. The Bertz CT molecular complexity index is 297. The second kappa shape index (κ2) is 4.25. The summed E-state index contributed by atoms with van der Waals surface area (Å²) in [6.45, 7) is 0. The highest BCUT2D eigenvalue weighted by Crippen LogP contribution is 2.17. The fourth-order valence-corrected chi connectivity index (χ4v) is 1.16. The Morgan fingerprint density at radius 3 is 2.23 bits per heavy atom. The molecule has 1 N–H and O–H groups in total. The SMILES string of the molecule is CN(C)c1ccc(OS(=O)O)cc1. The first kappa shape index (κ1) is 10.0. The molecule has 0 spiro atoms. The van der Waals surface area contributed by atoms with Crippen LogP contribution in [0.3, 0.4) is 0 Å².